The highest BCUT2D eigenvalue weighted by molar-refractivity contribution is 5.76. The van der Waals surface area contributed by atoms with Crippen molar-refractivity contribution in [2.24, 2.45) is 0 Å². The number of nitrogens with one attached hydrogen (secondary N) is 2. The molecule has 0 aromatic heterocycles. The summed E-state index contributed by atoms with van der Waals surface area (Å²) in [5.74, 6) is -1.15. The van der Waals surface area contributed by atoms with Crippen molar-refractivity contribution in [3.63, 3.8) is 0 Å². The molecule has 1 saturated carbocycles. The molecule has 24 heavy (non-hydrogen) atoms. The van der Waals surface area contributed by atoms with Gasteiger partial charge in [0, 0.05) is 36.5 Å². The summed E-state index contributed by atoms with van der Waals surface area (Å²) in [5.41, 5.74) is -0.511. The predicted molar refractivity (Wildman–Crippen MR) is 86.7 cm³/mol. The van der Waals surface area contributed by atoms with Crippen molar-refractivity contribution in [3.05, 3.63) is 35.4 Å². The van der Waals surface area contributed by atoms with Gasteiger partial charge in [0.05, 0.1) is 13.2 Å². The van der Waals surface area contributed by atoms with Gasteiger partial charge in [-0.1, -0.05) is 18.9 Å². The fraction of sp³-hybridized carbons (Fsp3) is 0.611. The zero-order valence-electron chi connectivity index (χ0n) is 13.7. The molecule has 0 radical (unpaired) electrons. The minimum Gasteiger partial charge on any atom is -0.378 e. The van der Waals surface area contributed by atoms with Crippen LogP contribution in [0.1, 0.15) is 37.7 Å². The molecule has 1 aromatic rings. The number of hydrogen-bond donors (Lipinski definition) is 2. The largest absolute Gasteiger partial charge is 0.378 e. The first kappa shape index (κ1) is 17.3. The van der Waals surface area contributed by atoms with Crippen molar-refractivity contribution in [2.75, 3.05) is 26.3 Å². The summed E-state index contributed by atoms with van der Waals surface area (Å²) < 4.78 is 33.9. The van der Waals surface area contributed by atoms with E-state index in [1.165, 1.54) is 18.2 Å². The summed E-state index contributed by atoms with van der Waals surface area (Å²) in [7, 11) is 0. The normalized spacial score (nSPS) is 23.2. The van der Waals surface area contributed by atoms with E-state index in [4.69, 9.17) is 4.74 Å². The number of benzene rings is 1. The molecule has 1 amide bonds. The first-order valence-electron chi connectivity index (χ1n) is 8.63. The van der Waals surface area contributed by atoms with Crippen molar-refractivity contribution in [3.8, 4) is 0 Å². The first-order chi connectivity index (χ1) is 11.6. The van der Waals surface area contributed by atoms with Gasteiger partial charge in [-0.25, -0.2) is 8.78 Å². The fourth-order valence-electron chi connectivity index (χ4n) is 3.89. The molecule has 1 unspecified atom stereocenters. The minimum atomic E-state index is -0.637. The minimum absolute atomic E-state index is 0.00322. The van der Waals surface area contributed by atoms with Crippen LogP contribution in [0.2, 0.25) is 0 Å². The highest BCUT2D eigenvalue weighted by Crippen LogP contribution is 2.42. The second kappa shape index (κ2) is 7.57. The van der Waals surface area contributed by atoms with Gasteiger partial charge in [-0.05, 0) is 25.0 Å². The molecule has 1 heterocycles. The predicted octanol–water partition coefficient (Wildman–Crippen LogP) is 2.27. The Bertz CT molecular complexity index is 562. The third-order valence-electron chi connectivity index (χ3n) is 5.11. The summed E-state index contributed by atoms with van der Waals surface area (Å²) in [6.45, 7) is 2.19. The number of carbonyl (C=O) groups excluding carboxylic acids is 1. The van der Waals surface area contributed by atoms with Crippen LogP contribution in [0.15, 0.2) is 18.2 Å². The molecule has 1 atom stereocenters. The second-order valence-electron chi connectivity index (χ2n) is 6.79. The van der Waals surface area contributed by atoms with Gasteiger partial charge in [-0.2, -0.15) is 0 Å². The molecule has 2 N–H and O–H groups in total. The third kappa shape index (κ3) is 3.75. The first-order valence-corrected chi connectivity index (χ1v) is 8.63. The molecule has 2 fully saturated rings. The number of morpholine rings is 1. The number of rotatable bonds is 5. The van der Waals surface area contributed by atoms with Gasteiger partial charge in [0.15, 0.2) is 0 Å². The molecule has 6 heteroatoms. The van der Waals surface area contributed by atoms with Crippen LogP contribution < -0.4 is 10.6 Å². The SMILES string of the molecule is O=C(CC1COCCN1)NCC1(c2c(F)cccc2F)CCCC1. The summed E-state index contributed by atoms with van der Waals surface area (Å²) in [6, 6.07) is 3.97. The maximum Gasteiger partial charge on any atom is 0.221 e. The Morgan fingerprint density at radius 3 is 2.62 bits per heavy atom. The monoisotopic (exact) mass is 338 g/mol. The third-order valence-corrected chi connectivity index (χ3v) is 5.11. The highest BCUT2D eigenvalue weighted by atomic mass is 19.1. The Morgan fingerprint density at radius 1 is 1.29 bits per heavy atom. The van der Waals surface area contributed by atoms with Gasteiger partial charge in [-0.15, -0.1) is 0 Å². The molecule has 3 rings (SSSR count). The van der Waals surface area contributed by atoms with Crippen LogP contribution >= 0.6 is 0 Å². The lowest BCUT2D eigenvalue weighted by Crippen LogP contribution is -2.46. The molecular formula is C18H24F2N2O2. The molecule has 1 saturated heterocycles. The summed E-state index contributed by atoms with van der Waals surface area (Å²) >= 11 is 0. The van der Waals surface area contributed by atoms with Crippen LogP contribution in [0.5, 0.6) is 0 Å². The molecular weight excluding hydrogens is 314 g/mol. The van der Waals surface area contributed by atoms with E-state index in [-0.39, 0.29) is 24.1 Å². The van der Waals surface area contributed by atoms with Crippen molar-refractivity contribution >= 4 is 5.91 Å². The van der Waals surface area contributed by atoms with Crippen LogP contribution in [-0.2, 0) is 14.9 Å². The van der Waals surface area contributed by atoms with E-state index in [1.54, 1.807) is 0 Å². The molecule has 1 aliphatic heterocycles. The van der Waals surface area contributed by atoms with Gasteiger partial charge in [0.25, 0.3) is 0 Å². The van der Waals surface area contributed by atoms with Gasteiger partial charge in [-0.3, -0.25) is 4.79 Å². The number of carbonyl (C=O) groups is 1. The van der Waals surface area contributed by atoms with E-state index in [2.05, 4.69) is 10.6 Å². The Morgan fingerprint density at radius 2 is 2.00 bits per heavy atom. The van der Waals surface area contributed by atoms with Crippen molar-refractivity contribution < 1.29 is 18.3 Å². The zero-order valence-corrected chi connectivity index (χ0v) is 13.7. The van der Waals surface area contributed by atoms with Crippen molar-refractivity contribution in [1.82, 2.24) is 10.6 Å². The zero-order chi connectivity index (χ0) is 17.0. The maximum absolute atomic E-state index is 14.3. The lowest BCUT2D eigenvalue weighted by molar-refractivity contribution is -0.122. The van der Waals surface area contributed by atoms with Crippen LogP contribution in [0, 0.1) is 11.6 Å². The lowest BCUT2D eigenvalue weighted by Gasteiger charge is -2.31. The standard InChI is InChI=1S/C18H24F2N2O2/c19-14-4-3-5-15(20)17(14)18(6-1-2-7-18)12-22-16(23)10-13-11-24-9-8-21-13/h3-5,13,21H,1-2,6-12H2,(H,22,23). The number of amides is 1. The second-order valence-corrected chi connectivity index (χ2v) is 6.79. The summed E-state index contributed by atoms with van der Waals surface area (Å²) in [5, 5.41) is 6.13. The highest BCUT2D eigenvalue weighted by Gasteiger charge is 2.40. The smallest absolute Gasteiger partial charge is 0.221 e. The number of ether oxygens (including phenoxy) is 1. The Hall–Kier alpha value is -1.53. The van der Waals surface area contributed by atoms with E-state index in [0.717, 1.165) is 19.4 Å². The Kier molecular flexibility index (Phi) is 5.46. The molecule has 0 spiro atoms. The van der Waals surface area contributed by atoms with Gasteiger partial charge < -0.3 is 15.4 Å². The van der Waals surface area contributed by atoms with Crippen molar-refractivity contribution in [1.29, 1.82) is 0 Å². The Labute approximate surface area is 141 Å². The molecule has 4 nitrogen and oxygen atoms in total. The van der Waals surface area contributed by atoms with Gasteiger partial charge >= 0.3 is 0 Å². The quantitative estimate of drug-likeness (QED) is 0.866. The molecule has 1 aliphatic carbocycles. The van der Waals surface area contributed by atoms with Gasteiger partial charge in [0.2, 0.25) is 5.91 Å². The van der Waals surface area contributed by atoms with Crippen LogP contribution in [0.4, 0.5) is 8.78 Å². The Balaban J connectivity index is 1.67. The fourth-order valence-corrected chi connectivity index (χ4v) is 3.89. The number of hydrogen-bond acceptors (Lipinski definition) is 3. The number of halogens is 2. The van der Waals surface area contributed by atoms with Crippen LogP contribution in [-0.4, -0.2) is 38.3 Å². The average molecular weight is 338 g/mol. The lowest BCUT2D eigenvalue weighted by atomic mass is 9.78. The molecule has 1 aromatic carbocycles. The van der Waals surface area contributed by atoms with Crippen molar-refractivity contribution in [2.45, 2.75) is 43.6 Å². The van der Waals surface area contributed by atoms with Crippen LogP contribution in [0.3, 0.4) is 0 Å². The van der Waals surface area contributed by atoms with E-state index in [0.29, 0.717) is 32.5 Å². The summed E-state index contributed by atoms with van der Waals surface area (Å²) in [4.78, 5) is 12.2. The summed E-state index contributed by atoms with van der Waals surface area (Å²) in [6.07, 6.45) is 3.53. The van der Waals surface area contributed by atoms with Gasteiger partial charge in [0.1, 0.15) is 11.6 Å². The maximum atomic E-state index is 14.3. The topological polar surface area (TPSA) is 50.4 Å². The van der Waals surface area contributed by atoms with E-state index < -0.39 is 17.0 Å². The van der Waals surface area contributed by atoms with Crippen LogP contribution in [0.25, 0.3) is 0 Å². The van der Waals surface area contributed by atoms with E-state index in [9.17, 15) is 13.6 Å². The van der Waals surface area contributed by atoms with E-state index >= 15 is 0 Å². The molecule has 2 aliphatic rings. The van der Waals surface area contributed by atoms with E-state index in [1.807, 2.05) is 0 Å². The average Bonchev–Trinajstić information content (AvgIpc) is 3.04. The molecule has 0 bridgehead atoms. The molecule has 132 valence electrons.